The van der Waals surface area contributed by atoms with Crippen LogP contribution in [0.5, 0.6) is 0 Å². The maximum absolute atomic E-state index is 13.9. The molecular weight excluding hydrogens is 311 g/mol. The van der Waals surface area contributed by atoms with Crippen LogP contribution in [0.1, 0.15) is 22.3 Å². The molecule has 0 bridgehead atoms. The first kappa shape index (κ1) is 16.7. The number of hydrogen-bond acceptors (Lipinski definition) is 1. The molecule has 0 N–H and O–H groups in total. The largest absolute Gasteiger partial charge is 0.318 e. The minimum Gasteiger partial charge on any atom is -0.318 e. The third-order valence-corrected chi connectivity index (χ3v) is 7.34. The summed E-state index contributed by atoms with van der Waals surface area (Å²) in [4.78, 5) is 0. The molecule has 0 aromatic heterocycles. The van der Waals surface area contributed by atoms with E-state index in [1.165, 1.54) is 11.1 Å². The lowest BCUT2D eigenvalue weighted by atomic mass is 10.2. The highest BCUT2D eigenvalue weighted by molar-refractivity contribution is 7.70. The smallest absolute Gasteiger partial charge is 0.124 e. The molecule has 0 aliphatic carbocycles. The average Bonchev–Trinajstić information content (AvgIpc) is 2.60. The highest BCUT2D eigenvalue weighted by atomic mass is 31.2. The SMILES string of the molecule is Cc1ccc(CP(=O)(Cc2ccc(C)cc2)c2ccccc2)cc1. The summed E-state index contributed by atoms with van der Waals surface area (Å²) in [6.45, 7) is 4.15. The zero-order chi connectivity index (χ0) is 17.0. The number of hydrogen-bond donors (Lipinski definition) is 0. The van der Waals surface area contributed by atoms with Crippen molar-refractivity contribution in [2.45, 2.75) is 26.2 Å². The third kappa shape index (κ3) is 4.04. The monoisotopic (exact) mass is 334 g/mol. The molecule has 0 saturated heterocycles. The molecule has 0 aliphatic rings. The van der Waals surface area contributed by atoms with Crippen molar-refractivity contribution in [2.24, 2.45) is 0 Å². The Hall–Kier alpha value is -2.11. The van der Waals surface area contributed by atoms with Crippen molar-refractivity contribution in [3.63, 3.8) is 0 Å². The Kier molecular flexibility index (Phi) is 5.02. The number of benzene rings is 3. The standard InChI is InChI=1S/C22H23OP/c1-18-8-12-20(13-9-18)16-24(23,22-6-4-3-5-7-22)17-21-14-10-19(2)11-15-21/h3-15H,16-17H2,1-2H3. The second kappa shape index (κ2) is 7.20. The zero-order valence-electron chi connectivity index (χ0n) is 14.3. The van der Waals surface area contributed by atoms with Gasteiger partial charge in [0.1, 0.15) is 7.14 Å². The van der Waals surface area contributed by atoms with E-state index in [0.717, 1.165) is 16.4 Å². The minimum atomic E-state index is -2.55. The van der Waals surface area contributed by atoms with E-state index in [4.69, 9.17) is 0 Å². The summed E-state index contributed by atoms with van der Waals surface area (Å²) < 4.78 is 13.9. The first-order valence-electron chi connectivity index (χ1n) is 8.30. The first-order chi connectivity index (χ1) is 11.5. The molecule has 0 fully saturated rings. The molecule has 24 heavy (non-hydrogen) atoms. The molecule has 2 heteroatoms. The van der Waals surface area contributed by atoms with E-state index in [9.17, 15) is 4.57 Å². The molecule has 0 amide bonds. The molecule has 0 heterocycles. The molecule has 3 aromatic carbocycles. The molecule has 0 atom stereocenters. The fourth-order valence-electron chi connectivity index (χ4n) is 2.91. The second-order valence-corrected chi connectivity index (χ2v) is 9.44. The predicted octanol–water partition coefficient (Wildman–Crippen LogP) is 5.69. The summed E-state index contributed by atoms with van der Waals surface area (Å²) in [6.07, 6.45) is 1.20. The molecule has 0 aliphatic heterocycles. The Bertz CT molecular complexity index is 782. The summed E-state index contributed by atoms with van der Waals surface area (Å²) in [6, 6.07) is 26.7. The molecule has 0 saturated carbocycles. The van der Waals surface area contributed by atoms with Crippen molar-refractivity contribution >= 4 is 12.4 Å². The van der Waals surface area contributed by atoms with Gasteiger partial charge in [-0.25, -0.2) is 0 Å². The van der Waals surface area contributed by atoms with Gasteiger partial charge in [-0.05, 0) is 25.0 Å². The van der Waals surface area contributed by atoms with Gasteiger partial charge in [0.05, 0.1) is 0 Å². The summed E-state index contributed by atoms with van der Waals surface area (Å²) >= 11 is 0. The summed E-state index contributed by atoms with van der Waals surface area (Å²) in [7, 11) is -2.55. The van der Waals surface area contributed by atoms with E-state index >= 15 is 0 Å². The maximum Gasteiger partial charge on any atom is 0.124 e. The predicted molar refractivity (Wildman–Crippen MR) is 103 cm³/mol. The molecule has 122 valence electrons. The quantitative estimate of drug-likeness (QED) is 0.548. The Labute approximate surface area is 144 Å². The lowest BCUT2D eigenvalue weighted by molar-refractivity contribution is 0.580. The highest BCUT2D eigenvalue weighted by Gasteiger charge is 2.25. The van der Waals surface area contributed by atoms with Gasteiger partial charge in [-0.3, -0.25) is 0 Å². The van der Waals surface area contributed by atoms with Gasteiger partial charge in [0.2, 0.25) is 0 Å². The van der Waals surface area contributed by atoms with E-state index in [1.54, 1.807) is 0 Å². The van der Waals surface area contributed by atoms with Gasteiger partial charge in [-0.2, -0.15) is 0 Å². The average molecular weight is 334 g/mol. The van der Waals surface area contributed by atoms with Crippen LogP contribution in [0.4, 0.5) is 0 Å². The first-order valence-corrected chi connectivity index (χ1v) is 10.4. The van der Waals surface area contributed by atoms with Crippen molar-refractivity contribution in [1.82, 2.24) is 0 Å². The lowest BCUT2D eigenvalue weighted by Crippen LogP contribution is -2.09. The summed E-state index contributed by atoms with van der Waals surface area (Å²) in [5.41, 5.74) is 4.73. The molecule has 1 nitrogen and oxygen atoms in total. The van der Waals surface area contributed by atoms with Crippen LogP contribution < -0.4 is 5.30 Å². The van der Waals surface area contributed by atoms with E-state index in [2.05, 4.69) is 62.4 Å². The highest BCUT2D eigenvalue weighted by Crippen LogP contribution is 2.51. The van der Waals surface area contributed by atoms with Crippen LogP contribution in [0.25, 0.3) is 0 Å². The Balaban J connectivity index is 1.95. The fourth-order valence-corrected chi connectivity index (χ4v) is 5.71. The van der Waals surface area contributed by atoms with E-state index in [-0.39, 0.29) is 0 Å². The van der Waals surface area contributed by atoms with Crippen molar-refractivity contribution < 1.29 is 4.57 Å². The van der Waals surface area contributed by atoms with E-state index < -0.39 is 7.14 Å². The van der Waals surface area contributed by atoms with Gasteiger partial charge in [0.25, 0.3) is 0 Å². The maximum atomic E-state index is 13.9. The summed E-state index contributed by atoms with van der Waals surface area (Å²) in [5, 5.41) is 0.964. The van der Waals surface area contributed by atoms with E-state index in [1.807, 2.05) is 30.3 Å². The number of aryl methyl sites for hydroxylation is 2. The van der Waals surface area contributed by atoms with Crippen molar-refractivity contribution in [1.29, 1.82) is 0 Å². The Morgan fingerprint density at radius 2 is 1.04 bits per heavy atom. The molecule has 0 radical (unpaired) electrons. The van der Waals surface area contributed by atoms with Gasteiger partial charge >= 0.3 is 0 Å². The van der Waals surface area contributed by atoms with Crippen molar-refractivity contribution in [3.05, 3.63) is 101 Å². The molecule has 0 spiro atoms. The summed E-state index contributed by atoms with van der Waals surface area (Å²) in [5.74, 6) is 0. The van der Waals surface area contributed by atoms with Crippen LogP contribution in [-0.2, 0) is 16.9 Å². The van der Waals surface area contributed by atoms with Crippen molar-refractivity contribution in [3.8, 4) is 0 Å². The fraction of sp³-hybridized carbons (Fsp3) is 0.182. The molecule has 0 unspecified atom stereocenters. The number of rotatable bonds is 5. The van der Waals surface area contributed by atoms with Gasteiger partial charge in [0, 0.05) is 17.6 Å². The lowest BCUT2D eigenvalue weighted by Gasteiger charge is -2.19. The van der Waals surface area contributed by atoms with Gasteiger partial charge in [0.15, 0.2) is 0 Å². The van der Waals surface area contributed by atoms with Gasteiger partial charge in [-0.15, -0.1) is 0 Å². The van der Waals surface area contributed by atoms with Gasteiger partial charge < -0.3 is 4.57 Å². The molecular formula is C22H23OP. The second-order valence-electron chi connectivity index (χ2n) is 6.51. The van der Waals surface area contributed by atoms with Gasteiger partial charge in [-0.1, -0.05) is 90.0 Å². The zero-order valence-corrected chi connectivity index (χ0v) is 15.2. The molecule has 3 aromatic rings. The van der Waals surface area contributed by atoms with Crippen molar-refractivity contribution in [2.75, 3.05) is 0 Å². The third-order valence-electron chi connectivity index (χ3n) is 4.34. The topological polar surface area (TPSA) is 17.1 Å². The van der Waals surface area contributed by atoms with Crippen LogP contribution in [0.3, 0.4) is 0 Å². The normalized spacial score (nSPS) is 11.4. The van der Waals surface area contributed by atoms with Crippen LogP contribution in [0.15, 0.2) is 78.9 Å². The molecule has 3 rings (SSSR count). The Morgan fingerprint density at radius 3 is 1.46 bits per heavy atom. The van der Waals surface area contributed by atoms with Crippen LogP contribution in [0.2, 0.25) is 0 Å². The minimum absolute atomic E-state index is 0.602. The van der Waals surface area contributed by atoms with E-state index in [0.29, 0.717) is 12.3 Å². The Morgan fingerprint density at radius 1 is 0.625 bits per heavy atom. The van der Waals surface area contributed by atoms with Crippen LogP contribution in [0, 0.1) is 13.8 Å². The van der Waals surface area contributed by atoms with Crippen LogP contribution >= 0.6 is 7.14 Å². The van der Waals surface area contributed by atoms with Crippen LogP contribution in [-0.4, -0.2) is 0 Å².